The van der Waals surface area contributed by atoms with Crippen LogP contribution in [0.15, 0.2) is 53.8 Å². The molecule has 3 aromatic rings. The lowest BCUT2D eigenvalue weighted by Gasteiger charge is -2.29. The van der Waals surface area contributed by atoms with Crippen LogP contribution in [0.5, 0.6) is 0 Å². The highest BCUT2D eigenvalue weighted by atomic mass is 32.1. The number of nitrogens with zero attached hydrogens (tertiary/aromatic N) is 4. The molecular weight excluding hydrogens is 414 g/mol. The van der Waals surface area contributed by atoms with Gasteiger partial charge in [-0.2, -0.15) is 5.26 Å². The van der Waals surface area contributed by atoms with Gasteiger partial charge in [-0.25, -0.2) is 0 Å². The Kier molecular flexibility index (Phi) is 5.56. The summed E-state index contributed by atoms with van der Waals surface area (Å²) in [5.41, 5.74) is 1.22. The predicted octanol–water partition coefficient (Wildman–Crippen LogP) is 1.00. The van der Waals surface area contributed by atoms with Crippen molar-refractivity contribution in [1.29, 1.82) is 10.7 Å². The molecular formula is C22H17N5O3S. The third-order valence-corrected chi connectivity index (χ3v) is 6.07. The Morgan fingerprint density at radius 3 is 2.52 bits per heavy atom. The van der Waals surface area contributed by atoms with Crippen LogP contribution in [0.3, 0.4) is 0 Å². The summed E-state index contributed by atoms with van der Waals surface area (Å²) in [5.74, 6) is -2.72. The normalized spacial score (nSPS) is 18.4. The summed E-state index contributed by atoms with van der Waals surface area (Å²) >= 11 is 1.13. The zero-order valence-corrected chi connectivity index (χ0v) is 17.3. The molecule has 0 fully saturated rings. The van der Waals surface area contributed by atoms with E-state index in [0.29, 0.717) is 14.8 Å². The van der Waals surface area contributed by atoms with Crippen LogP contribution in [-0.2, 0) is 9.53 Å². The Hall–Kier alpha value is -3.90. The Balaban J connectivity index is 2.03. The first-order chi connectivity index (χ1) is 15.1. The number of carbonyl (C=O) groups excluding carboxylic acids is 1. The molecule has 0 saturated carbocycles. The molecule has 3 aromatic heterocycles. The minimum Gasteiger partial charge on any atom is -0.465 e. The van der Waals surface area contributed by atoms with Crippen molar-refractivity contribution in [2.45, 2.75) is 12.8 Å². The first-order valence-corrected chi connectivity index (χ1v) is 10.3. The molecule has 0 radical (unpaired) electrons. The molecule has 31 heavy (non-hydrogen) atoms. The maximum Gasteiger partial charge on any atom is 0.317 e. The van der Waals surface area contributed by atoms with Gasteiger partial charge in [-0.1, -0.05) is 0 Å². The van der Waals surface area contributed by atoms with Crippen LogP contribution in [0.25, 0.3) is 11.6 Å². The summed E-state index contributed by atoms with van der Waals surface area (Å²) < 4.78 is 7.06. The second kappa shape index (κ2) is 8.45. The van der Waals surface area contributed by atoms with Gasteiger partial charge in [-0.3, -0.25) is 29.5 Å². The summed E-state index contributed by atoms with van der Waals surface area (Å²) in [5, 5.41) is 18.7. The molecule has 0 amide bonds. The number of nitriles is 1. The standard InChI is InChI=1S/C22H17N5O3S/c1-2-30-22(29)18-17(14-5-9-26-10-6-14)15(12-23)21-27(19(18)24)20(28)16(31-21)11-13-3-7-25-8-4-13/h3-11,17-18,24H,2H2,1H3. The maximum atomic E-state index is 13.2. The van der Waals surface area contributed by atoms with Crippen LogP contribution < -0.4 is 14.8 Å². The lowest BCUT2D eigenvalue weighted by molar-refractivity contribution is -0.145. The van der Waals surface area contributed by atoms with Crippen molar-refractivity contribution >= 4 is 34.8 Å². The molecule has 2 unspecified atom stereocenters. The van der Waals surface area contributed by atoms with Crippen molar-refractivity contribution < 1.29 is 9.53 Å². The summed E-state index contributed by atoms with van der Waals surface area (Å²) in [7, 11) is 0. The molecule has 0 spiro atoms. The summed E-state index contributed by atoms with van der Waals surface area (Å²) in [6, 6.07) is 9.09. The molecule has 0 bridgehead atoms. The first kappa shape index (κ1) is 20.4. The number of ether oxygens (including phenoxy) is 1. The topological polar surface area (TPSA) is 122 Å². The first-order valence-electron chi connectivity index (χ1n) is 9.50. The number of pyridine rings is 2. The van der Waals surface area contributed by atoms with Crippen molar-refractivity contribution in [1.82, 2.24) is 14.5 Å². The molecule has 1 aliphatic heterocycles. The lowest BCUT2D eigenvalue weighted by Crippen LogP contribution is -2.49. The molecule has 0 saturated heterocycles. The van der Waals surface area contributed by atoms with Gasteiger partial charge in [0, 0.05) is 30.7 Å². The second-order valence-corrected chi connectivity index (χ2v) is 7.77. The van der Waals surface area contributed by atoms with E-state index in [2.05, 4.69) is 16.0 Å². The fraction of sp³-hybridized carbons (Fsp3) is 0.182. The zero-order chi connectivity index (χ0) is 22.0. The van der Waals surface area contributed by atoms with E-state index in [4.69, 9.17) is 10.1 Å². The molecule has 0 aromatic carbocycles. The van der Waals surface area contributed by atoms with E-state index in [-0.39, 0.29) is 18.0 Å². The van der Waals surface area contributed by atoms with E-state index in [1.54, 1.807) is 62.1 Å². The van der Waals surface area contributed by atoms with Crippen LogP contribution >= 0.6 is 11.3 Å². The molecule has 4 heterocycles. The quantitative estimate of drug-likeness (QED) is 0.615. The van der Waals surface area contributed by atoms with Gasteiger partial charge in [0.15, 0.2) is 0 Å². The molecule has 0 aliphatic carbocycles. The number of nitrogens with one attached hydrogen (secondary N) is 1. The van der Waals surface area contributed by atoms with Crippen molar-refractivity contribution in [2.24, 2.45) is 5.92 Å². The van der Waals surface area contributed by atoms with Gasteiger partial charge in [0.05, 0.1) is 22.8 Å². The summed E-state index contributed by atoms with van der Waals surface area (Å²) in [6.07, 6.45) is 8.04. The molecule has 9 heteroatoms. The minimum atomic E-state index is -1.12. The molecule has 2 atom stereocenters. The number of hydrogen-bond acceptors (Lipinski definition) is 8. The second-order valence-electron chi connectivity index (χ2n) is 6.74. The SMILES string of the molecule is CCOC(=O)C1C(=N)n2c(sc(=Cc3ccncc3)c2=O)=C(C#N)C1c1ccncc1. The third kappa shape index (κ3) is 3.58. The van der Waals surface area contributed by atoms with Gasteiger partial charge in [0.1, 0.15) is 16.4 Å². The van der Waals surface area contributed by atoms with E-state index < -0.39 is 23.4 Å². The van der Waals surface area contributed by atoms with E-state index in [9.17, 15) is 14.9 Å². The van der Waals surface area contributed by atoms with Crippen molar-refractivity contribution in [3.05, 3.63) is 79.7 Å². The fourth-order valence-corrected chi connectivity index (χ4v) is 4.75. The minimum absolute atomic E-state index is 0.125. The summed E-state index contributed by atoms with van der Waals surface area (Å²) in [4.78, 5) is 34.0. The Bertz CT molecular complexity index is 1370. The van der Waals surface area contributed by atoms with Crippen molar-refractivity contribution in [3.8, 4) is 6.07 Å². The van der Waals surface area contributed by atoms with Crippen molar-refractivity contribution in [3.63, 3.8) is 0 Å². The smallest absolute Gasteiger partial charge is 0.317 e. The molecule has 8 nitrogen and oxygen atoms in total. The van der Waals surface area contributed by atoms with Gasteiger partial charge in [-0.05, 0) is 48.4 Å². The molecule has 4 rings (SSSR count). The average Bonchev–Trinajstić information content (AvgIpc) is 3.11. The third-order valence-electron chi connectivity index (χ3n) is 4.96. The summed E-state index contributed by atoms with van der Waals surface area (Å²) in [6.45, 7) is 1.80. The molecule has 1 aliphatic rings. The Morgan fingerprint density at radius 1 is 1.26 bits per heavy atom. The fourth-order valence-electron chi connectivity index (χ4n) is 3.62. The lowest BCUT2D eigenvalue weighted by atomic mass is 9.79. The van der Waals surface area contributed by atoms with Gasteiger partial charge >= 0.3 is 5.97 Å². The number of rotatable bonds is 4. The number of thiazole rings is 1. The van der Waals surface area contributed by atoms with Crippen LogP contribution in [0.1, 0.15) is 24.0 Å². The highest BCUT2D eigenvalue weighted by molar-refractivity contribution is 7.07. The van der Waals surface area contributed by atoms with Gasteiger partial charge in [-0.15, -0.1) is 11.3 Å². The van der Waals surface area contributed by atoms with E-state index in [0.717, 1.165) is 21.5 Å². The average molecular weight is 431 g/mol. The largest absolute Gasteiger partial charge is 0.465 e. The number of esters is 1. The molecule has 154 valence electrons. The highest BCUT2D eigenvalue weighted by Crippen LogP contribution is 2.35. The maximum absolute atomic E-state index is 13.2. The highest BCUT2D eigenvalue weighted by Gasteiger charge is 2.43. The number of hydrogen-bond donors (Lipinski definition) is 1. The van der Waals surface area contributed by atoms with E-state index in [1.807, 2.05) is 0 Å². The number of carbonyl (C=O) groups is 1. The number of fused-ring (bicyclic) bond motifs is 1. The van der Waals surface area contributed by atoms with E-state index in [1.165, 1.54) is 0 Å². The van der Waals surface area contributed by atoms with Crippen LogP contribution in [-0.4, -0.2) is 32.9 Å². The van der Waals surface area contributed by atoms with Crippen LogP contribution in [0.2, 0.25) is 0 Å². The monoisotopic (exact) mass is 431 g/mol. The van der Waals surface area contributed by atoms with Gasteiger partial charge < -0.3 is 4.74 Å². The zero-order valence-electron chi connectivity index (χ0n) is 16.5. The predicted molar refractivity (Wildman–Crippen MR) is 115 cm³/mol. The number of aromatic nitrogens is 3. The Labute approximate surface area is 180 Å². The van der Waals surface area contributed by atoms with E-state index >= 15 is 0 Å². The van der Waals surface area contributed by atoms with Crippen LogP contribution in [0, 0.1) is 22.7 Å². The van der Waals surface area contributed by atoms with Gasteiger partial charge in [0.25, 0.3) is 5.56 Å². The van der Waals surface area contributed by atoms with Crippen molar-refractivity contribution in [2.75, 3.05) is 6.61 Å². The van der Waals surface area contributed by atoms with Crippen LogP contribution in [0.4, 0.5) is 0 Å². The Morgan fingerprint density at radius 2 is 1.90 bits per heavy atom. The molecule has 1 N–H and O–H groups in total. The van der Waals surface area contributed by atoms with Gasteiger partial charge in [0.2, 0.25) is 0 Å².